The molecule has 3 aliphatic heterocycles. The molecule has 1 aromatic rings. The van der Waals surface area contributed by atoms with E-state index in [1.54, 1.807) is 0 Å². The van der Waals surface area contributed by atoms with Crippen molar-refractivity contribution in [3.63, 3.8) is 0 Å². The molecule has 2 bridgehead atoms. The van der Waals surface area contributed by atoms with E-state index in [1.165, 1.54) is 14.2 Å². The first-order valence-corrected chi connectivity index (χ1v) is 6.90. The van der Waals surface area contributed by atoms with E-state index < -0.39 is 36.0 Å². The molecular weight excluding hydrogens is 292 g/mol. The minimum Gasteiger partial charge on any atom is -0.469 e. The van der Waals surface area contributed by atoms with Crippen LogP contribution in [0, 0.1) is 11.8 Å². The Morgan fingerprint density at radius 2 is 1.41 bits per heavy atom. The van der Waals surface area contributed by atoms with Gasteiger partial charge in [0.1, 0.15) is 11.8 Å². The molecule has 4 atom stereocenters. The summed E-state index contributed by atoms with van der Waals surface area (Å²) in [7, 11) is 2.59. The summed E-state index contributed by atoms with van der Waals surface area (Å²) in [5.74, 6) is -1.15. The Kier molecular flexibility index (Phi) is 2.80. The summed E-state index contributed by atoms with van der Waals surface area (Å²) < 4.78 is 26.3. The quantitative estimate of drug-likeness (QED) is 0.757. The molecule has 0 aliphatic carbocycles. The molecule has 22 heavy (non-hydrogen) atoms. The highest BCUT2D eigenvalue weighted by atomic mass is 16.7. The lowest BCUT2D eigenvalue weighted by molar-refractivity contribution is -0.157. The van der Waals surface area contributed by atoms with Gasteiger partial charge < -0.3 is 23.7 Å². The van der Waals surface area contributed by atoms with Crippen molar-refractivity contribution in [1.29, 1.82) is 0 Å². The van der Waals surface area contributed by atoms with Crippen LogP contribution in [0.4, 0.5) is 0 Å². The molecule has 116 valence electrons. The van der Waals surface area contributed by atoms with Gasteiger partial charge in [0.05, 0.1) is 26.4 Å². The Labute approximate surface area is 126 Å². The number of hydrogen-bond donors (Lipinski definition) is 0. The smallest absolute Gasteiger partial charge is 0.312 e. The van der Waals surface area contributed by atoms with Crippen molar-refractivity contribution in [3.05, 3.63) is 23.3 Å². The van der Waals surface area contributed by atoms with Crippen molar-refractivity contribution in [2.75, 3.05) is 21.0 Å². The standard InChI is InChI=1S/C15H14O7/c1-18-14(16)10-11(15(17)19-2)13-7-4-9-8(20-5-21-9)3-6(7)12(10)22-13/h3-4,10-13H,5H2,1-2H3/t10-,11+,12-,13+. The molecule has 0 aromatic heterocycles. The summed E-state index contributed by atoms with van der Waals surface area (Å²) in [4.78, 5) is 24.2. The van der Waals surface area contributed by atoms with Crippen molar-refractivity contribution >= 4 is 11.9 Å². The molecule has 0 unspecified atom stereocenters. The Balaban J connectivity index is 1.81. The van der Waals surface area contributed by atoms with Gasteiger partial charge in [0.25, 0.3) is 0 Å². The predicted molar refractivity (Wildman–Crippen MR) is 70.1 cm³/mol. The van der Waals surface area contributed by atoms with Crippen molar-refractivity contribution in [3.8, 4) is 11.5 Å². The average Bonchev–Trinajstić information content (AvgIpc) is 3.23. The van der Waals surface area contributed by atoms with Gasteiger partial charge in [0, 0.05) is 0 Å². The maximum Gasteiger partial charge on any atom is 0.312 e. The van der Waals surface area contributed by atoms with E-state index in [2.05, 4.69) is 0 Å². The second-order valence-electron chi connectivity index (χ2n) is 5.41. The normalized spacial score (nSPS) is 30.1. The van der Waals surface area contributed by atoms with Gasteiger partial charge in [-0.05, 0) is 23.3 Å². The van der Waals surface area contributed by atoms with E-state index in [-0.39, 0.29) is 6.79 Å². The van der Waals surface area contributed by atoms with E-state index >= 15 is 0 Å². The zero-order valence-corrected chi connectivity index (χ0v) is 12.0. The minimum atomic E-state index is -0.713. The van der Waals surface area contributed by atoms with Crippen LogP contribution in [0.15, 0.2) is 12.1 Å². The third-order valence-electron chi connectivity index (χ3n) is 4.47. The van der Waals surface area contributed by atoms with Crippen LogP contribution >= 0.6 is 0 Å². The summed E-state index contributed by atoms with van der Waals surface area (Å²) >= 11 is 0. The van der Waals surface area contributed by atoms with E-state index in [1.807, 2.05) is 12.1 Å². The second-order valence-corrected chi connectivity index (χ2v) is 5.41. The second kappa shape index (κ2) is 4.61. The molecule has 0 saturated carbocycles. The number of carbonyl (C=O) groups excluding carboxylic acids is 2. The lowest BCUT2D eigenvalue weighted by Gasteiger charge is -2.26. The number of rotatable bonds is 2. The van der Waals surface area contributed by atoms with E-state index in [0.29, 0.717) is 11.5 Å². The first kappa shape index (κ1) is 13.4. The average molecular weight is 306 g/mol. The van der Waals surface area contributed by atoms with E-state index in [0.717, 1.165) is 11.1 Å². The van der Waals surface area contributed by atoms with Crippen LogP contribution in [-0.4, -0.2) is 33.0 Å². The summed E-state index contributed by atoms with van der Waals surface area (Å²) in [5, 5.41) is 0. The number of ether oxygens (including phenoxy) is 5. The fourth-order valence-electron chi connectivity index (χ4n) is 3.52. The highest BCUT2D eigenvalue weighted by Gasteiger charge is 2.59. The van der Waals surface area contributed by atoms with Crippen LogP contribution < -0.4 is 9.47 Å². The Hall–Kier alpha value is -2.28. The topological polar surface area (TPSA) is 80.3 Å². The maximum absolute atomic E-state index is 12.1. The molecule has 1 saturated heterocycles. The number of carbonyl (C=O) groups is 2. The van der Waals surface area contributed by atoms with Crippen molar-refractivity contribution in [1.82, 2.24) is 0 Å². The Bertz CT molecular complexity index is 613. The van der Waals surface area contributed by atoms with E-state index in [9.17, 15) is 9.59 Å². The number of hydrogen-bond acceptors (Lipinski definition) is 7. The fraction of sp³-hybridized carbons (Fsp3) is 0.467. The monoisotopic (exact) mass is 306 g/mol. The largest absolute Gasteiger partial charge is 0.469 e. The summed E-state index contributed by atoms with van der Waals surface area (Å²) in [5.41, 5.74) is 1.68. The molecule has 3 aliphatic rings. The van der Waals surface area contributed by atoms with Gasteiger partial charge in [-0.1, -0.05) is 0 Å². The number of methoxy groups -OCH3 is 2. The van der Waals surface area contributed by atoms with Gasteiger partial charge >= 0.3 is 11.9 Å². The van der Waals surface area contributed by atoms with Crippen LogP contribution in [-0.2, 0) is 23.8 Å². The van der Waals surface area contributed by atoms with Crippen molar-refractivity contribution in [2.45, 2.75) is 12.2 Å². The van der Waals surface area contributed by atoms with Gasteiger partial charge in [-0.2, -0.15) is 0 Å². The van der Waals surface area contributed by atoms with Gasteiger partial charge in [-0.3, -0.25) is 9.59 Å². The van der Waals surface area contributed by atoms with Crippen LogP contribution in [0.2, 0.25) is 0 Å². The predicted octanol–water partition coefficient (Wildman–Crippen LogP) is 1.12. The number of fused-ring (bicyclic) bond motifs is 6. The highest BCUT2D eigenvalue weighted by Crippen LogP contribution is 2.59. The van der Waals surface area contributed by atoms with Gasteiger partial charge in [0.2, 0.25) is 6.79 Å². The first-order valence-electron chi connectivity index (χ1n) is 6.90. The van der Waals surface area contributed by atoms with Crippen LogP contribution in [0.1, 0.15) is 23.3 Å². The Morgan fingerprint density at radius 1 is 0.955 bits per heavy atom. The third-order valence-corrected chi connectivity index (χ3v) is 4.47. The zero-order chi connectivity index (χ0) is 15.4. The fourth-order valence-corrected chi connectivity index (χ4v) is 3.52. The molecule has 0 spiro atoms. The minimum absolute atomic E-state index is 0.162. The first-order chi connectivity index (χ1) is 10.7. The summed E-state index contributed by atoms with van der Waals surface area (Å²) in [6, 6.07) is 3.62. The number of benzene rings is 1. The molecule has 4 rings (SSSR count). The lowest BCUT2D eigenvalue weighted by Crippen LogP contribution is -2.35. The molecule has 0 N–H and O–H groups in total. The number of esters is 2. The van der Waals surface area contributed by atoms with Gasteiger partial charge in [0.15, 0.2) is 11.5 Å². The summed E-state index contributed by atoms with van der Waals surface area (Å²) in [6.07, 6.45) is -1.07. The molecular formula is C15H14O7. The molecule has 7 nitrogen and oxygen atoms in total. The maximum atomic E-state index is 12.1. The van der Waals surface area contributed by atoms with Crippen molar-refractivity contribution in [2.24, 2.45) is 11.8 Å². The molecule has 1 aromatic carbocycles. The molecule has 1 fully saturated rings. The van der Waals surface area contributed by atoms with Gasteiger partial charge in [-0.25, -0.2) is 0 Å². The lowest BCUT2D eigenvalue weighted by atomic mass is 9.75. The van der Waals surface area contributed by atoms with Crippen LogP contribution in [0.5, 0.6) is 11.5 Å². The third kappa shape index (κ3) is 1.60. The SMILES string of the molecule is COC(=O)[C@@H]1[C@H](C(=O)OC)[C@H]2O[C@@H]1c1cc3c(cc12)OCO3. The molecule has 3 heterocycles. The van der Waals surface area contributed by atoms with E-state index in [4.69, 9.17) is 23.7 Å². The summed E-state index contributed by atoms with van der Waals surface area (Å²) in [6.45, 7) is 0.162. The molecule has 0 radical (unpaired) electrons. The van der Waals surface area contributed by atoms with Crippen molar-refractivity contribution < 1.29 is 33.3 Å². The molecule has 0 amide bonds. The van der Waals surface area contributed by atoms with Crippen LogP contribution in [0.3, 0.4) is 0 Å². The Morgan fingerprint density at radius 3 is 1.82 bits per heavy atom. The van der Waals surface area contributed by atoms with Crippen LogP contribution in [0.25, 0.3) is 0 Å². The molecule has 7 heteroatoms. The zero-order valence-electron chi connectivity index (χ0n) is 12.0. The highest BCUT2D eigenvalue weighted by molar-refractivity contribution is 5.85. The van der Waals surface area contributed by atoms with Gasteiger partial charge in [-0.15, -0.1) is 0 Å².